The van der Waals surface area contributed by atoms with Gasteiger partial charge in [-0.3, -0.25) is 0 Å². The quantitative estimate of drug-likeness (QED) is 0.523. The number of rotatable bonds is 4. The van der Waals surface area contributed by atoms with Crippen LogP contribution in [0.3, 0.4) is 0 Å². The highest BCUT2D eigenvalue weighted by atomic mass is 16.5. The number of carbonyl (C=O) groups is 1. The lowest BCUT2D eigenvalue weighted by Gasteiger charge is -2.18. The lowest BCUT2D eigenvalue weighted by molar-refractivity contribution is -0.138. The molecule has 0 aromatic rings. The van der Waals surface area contributed by atoms with Crippen molar-refractivity contribution < 1.29 is 9.53 Å². The van der Waals surface area contributed by atoms with E-state index in [2.05, 4.69) is 6.92 Å². The first kappa shape index (κ1) is 12.3. The molecule has 0 aliphatic heterocycles. The molecular weight excluding hydrogens is 188 g/mol. The summed E-state index contributed by atoms with van der Waals surface area (Å²) in [5.74, 6) is -0.0729. The number of esters is 1. The largest absolute Gasteiger partial charge is 0.463 e. The van der Waals surface area contributed by atoms with Gasteiger partial charge in [-0.2, -0.15) is 0 Å². The van der Waals surface area contributed by atoms with Crippen molar-refractivity contribution in [2.45, 2.75) is 58.8 Å². The molecule has 1 rings (SSSR count). The first-order valence-electron chi connectivity index (χ1n) is 6.17. The third-order valence-electron chi connectivity index (χ3n) is 2.91. The van der Waals surface area contributed by atoms with Gasteiger partial charge in [0.1, 0.15) is 0 Å². The Morgan fingerprint density at radius 3 is 2.40 bits per heavy atom. The molecule has 0 spiro atoms. The van der Waals surface area contributed by atoms with Crippen molar-refractivity contribution in [2.24, 2.45) is 0 Å². The van der Waals surface area contributed by atoms with Gasteiger partial charge < -0.3 is 4.74 Å². The summed E-state index contributed by atoms with van der Waals surface area (Å²) in [7, 11) is 0. The molecule has 2 heteroatoms. The molecule has 2 nitrogen and oxygen atoms in total. The normalized spacial score (nSPS) is 16.3. The molecule has 0 saturated heterocycles. The topological polar surface area (TPSA) is 26.3 Å². The zero-order valence-electron chi connectivity index (χ0n) is 9.97. The third-order valence-corrected chi connectivity index (χ3v) is 2.91. The van der Waals surface area contributed by atoms with E-state index >= 15 is 0 Å². The lowest BCUT2D eigenvalue weighted by Crippen LogP contribution is -2.12. The van der Waals surface area contributed by atoms with Crippen LogP contribution in [0.1, 0.15) is 58.8 Å². The molecule has 1 saturated carbocycles. The molecular formula is C13H22O2. The fraction of sp³-hybridized carbons (Fsp3) is 0.769. The minimum absolute atomic E-state index is 0.0729. The number of carbonyl (C=O) groups excluding carboxylic acids is 1. The summed E-state index contributed by atoms with van der Waals surface area (Å²) in [6.07, 6.45) is 7.91. The molecule has 0 aromatic heterocycles. The minimum Gasteiger partial charge on any atom is -0.463 e. The van der Waals surface area contributed by atoms with E-state index < -0.39 is 0 Å². The summed E-state index contributed by atoms with van der Waals surface area (Å²) in [5, 5.41) is 0. The summed E-state index contributed by atoms with van der Waals surface area (Å²) >= 11 is 0. The monoisotopic (exact) mass is 210 g/mol. The van der Waals surface area contributed by atoms with E-state index in [-0.39, 0.29) is 5.97 Å². The van der Waals surface area contributed by atoms with Crippen LogP contribution in [0.5, 0.6) is 0 Å². The minimum atomic E-state index is -0.0729. The van der Waals surface area contributed by atoms with Crippen LogP contribution in [0.4, 0.5) is 0 Å². The van der Waals surface area contributed by atoms with Gasteiger partial charge >= 0.3 is 5.97 Å². The van der Waals surface area contributed by atoms with Gasteiger partial charge in [0.15, 0.2) is 0 Å². The van der Waals surface area contributed by atoms with Gasteiger partial charge in [-0.1, -0.05) is 25.3 Å². The zero-order valence-corrected chi connectivity index (χ0v) is 9.97. The van der Waals surface area contributed by atoms with Crippen LogP contribution < -0.4 is 0 Å². The van der Waals surface area contributed by atoms with E-state index in [9.17, 15) is 4.79 Å². The second-order valence-corrected chi connectivity index (χ2v) is 4.11. The molecule has 0 aromatic carbocycles. The molecule has 0 bridgehead atoms. The van der Waals surface area contributed by atoms with Crippen molar-refractivity contribution in [1.29, 1.82) is 0 Å². The van der Waals surface area contributed by atoms with E-state index in [1.807, 2.05) is 6.92 Å². The standard InChI is InChI=1S/C13H22O2/c1-3-8-12(13(14)15-4-2)11-9-6-5-7-10-11/h3-10H2,1-2H3. The first-order chi connectivity index (χ1) is 7.29. The van der Waals surface area contributed by atoms with Crippen molar-refractivity contribution in [3.05, 3.63) is 11.1 Å². The molecule has 1 fully saturated rings. The molecule has 86 valence electrons. The average Bonchev–Trinajstić information content (AvgIpc) is 2.27. The predicted octanol–water partition coefficient (Wildman–Crippen LogP) is 3.61. The molecule has 0 radical (unpaired) electrons. The van der Waals surface area contributed by atoms with E-state index in [1.165, 1.54) is 24.8 Å². The van der Waals surface area contributed by atoms with Crippen LogP contribution >= 0.6 is 0 Å². The molecule has 0 unspecified atom stereocenters. The Balaban J connectivity index is 2.73. The maximum atomic E-state index is 11.8. The summed E-state index contributed by atoms with van der Waals surface area (Å²) in [5.41, 5.74) is 2.33. The number of hydrogen-bond donors (Lipinski definition) is 0. The van der Waals surface area contributed by atoms with Gasteiger partial charge in [0, 0.05) is 5.57 Å². The SMILES string of the molecule is CCCC(C(=O)OCC)=C1CCCCC1. The van der Waals surface area contributed by atoms with Gasteiger partial charge in [-0.15, -0.1) is 0 Å². The van der Waals surface area contributed by atoms with Crippen LogP contribution in [0.25, 0.3) is 0 Å². The maximum Gasteiger partial charge on any atom is 0.333 e. The third kappa shape index (κ3) is 3.69. The predicted molar refractivity (Wildman–Crippen MR) is 61.7 cm³/mol. The Hall–Kier alpha value is -0.790. The second-order valence-electron chi connectivity index (χ2n) is 4.11. The van der Waals surface area contributed by atoms with Crippen LogP contribution in [0, 0.1) is 0 Å². The second kappa shape index (κ2) is 6.65. The van der Waals surface area contributed by atoms with Crippen LogP contribution in [-0.4, -0.2) is 12.6 Å². The molecule has 0 heterocycles. The lowest BCUT2D eigenvalue weighted by atomic mass is 9.89. The van der Waals surface area contributed by atoms with Gasteiger partial charge in [0.25, 0.3) is 0 Å². The first-order valence-corrected chi connectivity index (χ1v) is 6.17. The zero-order chi connectivity index (χ0) is 11.1. The van der Waals surface area contributed by atoms with Gasteiger partial charge in [-0.05, 0) is 39.0 Å². The number of hydrogen-bond acceptors (Lipinski definition) is 2. The number of allylic oxidation sites excluding steroid dienone is 1. The smallest absolute Gasteiger partial charge is 0.333 e. The van der Waals surface area contributed by atoms with Crippen molar-refractivity contribution in [1.82, 2.24) is 0 Å². The molecule has 0 atom stereocenters. The summed E-state index contributed by atoms with van der Waals surface area (Å²) in [6, 6.07) is 0. The van der Waals surface area contributed by atoms with Crippen molar-refractivity contribution in [3.63, 3.8) is 0 Å². The highest BCUT2D eigenvalue weighted by Crippen LogP contribution is 2.28. The molecule has 15 heavy (non-hydrogen) atoms. The molecule has 0 N–H and O–H groups in total. The fourth-order valence-corrected chi connectivity index (χ4v) is 2.17. The molecule has 1 aliphatic carbocycles. The summed E-state index contributed by atoms with van der Waals surface area (Å²) in [6.45, 7) is 4.47. The Bertz CT molecular complexity index is 233. The van der Waals surface area contributed by atoms with E-state index in [4.69, 9.17) is 4.74 Å². The van der Waals surface area contributed by atoms with Crippen molar-refractivity contribution in [2.75, 3.05) is 6.61 Å². The van der Waals surface area contributed by atoms with E-state index in [0.29, 0.717) is 6.61 Å². The molecule has 1 aliphatic rings. The Morgan fingerprint density at radius 1 is 1.20 bits per heavy atom. The maximum absolute atomic E-state index is 11.8. The van der Waals surface area contributed by atoms with Crippen LogP contribution in [-0.2, 0) is 9.53 Å². The van der Waals surface area contributed by atoms with Gasteiger partial charge in [-0.25, -0.2) is 4.79 Å². The Morgan fingerprint density at radius 2 is 1.87 bits per heavy atom. The fourth-order valence-electron chi connectivity index (χ4n) is 2.17. The van der Waals surface area contributed by atoms with Crippen LogP contribution in [0.2, 0.25) is 0 Å². The molecule has 0 amide bonds. The summed E-state index contributed by atoms with van der Waals surface area (Å²) < 4.78 is 5.11. The van der Waals surface area contributed by atoms with Gasteiger partial charge in [0.05, 0.1) is 6.61 Å². The number of ether oxygens (including phenoxy) is 1. The van der Waals surface area contributed by atoms with Crippen molar-refractivity contribution >= 4 is 5.97 Å². The summed E-state index contributed by atoms with van der Waals surface area (Å²) in [4.78, 5) is 11.8. The average molecular weight is 210 g/mol. The van der Waals surface area contributed by atoms with Gasteiger partial charge in [0.2, 0.25) is 0 Å². The van der Waals surface area contributed by atoms with Crippen LogP contribution in [0.15, 0.2) is 11.1 Å². The highest BCUT2D eigenvalue weighted by molar-refractivity contribution is 5.89. The Kier molecular flexibility index (Phi) is 5.44. The van der Waals surface area contributed by atoms with E-state index in [1.54, 1.807) is 0 Å². The van der Waals surface area contributed by atoms with E-state index in [0.717, 1.165) is 31.3 Å². The Labute approximate surface area is 92.7 Å². The highest BCUT2D eigenvalue weighted by Gasteiger charge is 2.17. The van der Waals surface area contributed by atoms with Crippen molar-refractivity contribution in [3.8, 4) is 0 Å².